The molecule has 1 fully saturated rings. The van der Waals surface area contributed by atoms with E-state index in [9.17, 15) is 18.0 Å². The van der Waals surface area contributed by atoms with E-state index in [1.54, 1.807) is 28.9 Å². The maximum Gasteiger partial charge on any atom is 0.338 e. The van der Waals surface area contributed by atoms with Crippen LogP contribution in [-0.2, 0) is 19.4 Å². The van der Waals surface area contributed by atoms with Crippen LogP contribution >= 0.6 is 0 Å². The molecule has 1 aromatic heterocycles. The summed E-state index contributed by atoms with van der Waals surface area (Å²) in [5, 5.41) is 6.95. The van der Waals surface area contributed by atoms with Crippen LogP contribution in [0.25, 0.3) is 5.69 Å². The van der Waals surface area contributed by atoms with E-state index in [-0.39, 0.29) is 11.5 Å². The smallest absolute Gasteiger partial charge is 0.338 e. The molecule has 8 nitrogen and oxygen atoms in total. The van der Waals surface area contributed by atoms with Gasteiger partial charge in [-0.1, -0.05) is 0 Å². The van der Waals surface area contributed by atoms with Crippen molar-refractivity contribution >= 4 is 21.7 Å². The Morgan fingerprint density at radius 3 is 2.52 bits per heavy atom. The zero-order valence-corrected chi connectivity index (χ0v) is 16.0. The first-order chi connectivity index (χ1) is 12.7. The monoisotopic (exact) mass is 391 g/mol. The molecule has 1 aromatic carbocycles. The second-order valence-corrected chi connectivity index (χ2v) is 8.86. The maximum atomic E-state index is 12.1. The molecule has 0 bridgehead atoms. The summed E-state index contributed by atoms with van der Waals surface area (Å²) >= 11 is 0. The summed E-state index contributed by atoms with van der Waals surface area (Å²) in [5.41, 5.74) is 3.01. The second kappa shape index (κ2) is 7.51. The number of nitrogens with one attached hydrogen (secondary N) is 1. The van der Waals surface area contributed by atoms with Gasteiger partial charge in [0.05, 0.1) is 28.5 Å². The second-order valence-electron chi connectivity index (χ2n) is 6.63. The lowest BCUT2D eigenvalue weighted by molar-refractivity contribution is -0.124. The van der Waals surface area contributed by atoms with Crippen LogP contribution in [0.15, 0.2) is 30.3 Å². The highest BCUT2D eigenvalue weighted by Crippen LogP contribution is 2.14. The van der Waals surface area contributed by atoms with E-state index in [2.05, 4.69) is 10.4 Å². The number of carbonyl (C=O) groups is 2. The van der Waals surface area contributed by atoms with E-state index in [4.69, 9.17) is 4.74 Å². The number of carbonyl (C=O) groups excluding carboxylic acids is 2. The summed E-state index contributed by atoms with van der Waals surface area (Å²) in [6.45, 7) is 3.40. The number of ether oxygens (including phenoxy) is 1. The Balaban J connectivity index is 1.54. The lowest BCUT2D eigenvalue weighted by Crippen LogP contribution is -2.38. The van der Waals surface area contributed by atoms with Crippen LogP contribution in [0.4, 0.5) is 0 Å². The van der Waals surface area contributed by atoms with Crippen molar-refractivity contribution in [3.05, 3.63) is 47.3 Å². The Morgan fingerprint density at radius 2 is 1.96 bits per heavy atom. The zero-order chi connectivity index (χ0) is 19.6. The van der Waals surface area contributed by atoms with Gasteiger partial charge in [-0.25, -0.2) is 17.9 Å². The predicted molar refractivity (Wildman–Crippen MR) is 98.5 cm³/mol. The molecule has 144 valence electrons. The summed E-state index contributed by atoms with van der Waals surface area (Å²) in [4.78, 5) is 23.9. The molecule has 1 atom stereocenters. The van der Waals surface area contributed by atoms with E-state index < -0.39 is 34.4 Å². The highest BCUT2D eigenvalue weighted by molar-refractivity contribution is 7.91. The first kappa shape index (κ1) is 19.1. The number of aryl methyl sites for hydroxylation is 2. The highest BCUT2D eigenvalue weighted by Gasteiger charge is 2.29. The van der Waals surface area contributed by atoms with Gasteiger partial charge in [0, 0.05) is 11.7 Å². The van der Waals surface area contributed by atoms with E-state index >= 15 is 0 Å². The molecule has 3 rings (SSSR count). The molecule has 0 radical (unpaired) electrons. The van der Waals surface area contributed by atoms with Gasteiger partial charge in [-0.2, -0.15) is 5.10 Å². The topological polar surface area (TPSA) is 107 Å². The van der Waals surface area contributed by atoms with Crippen LogP contribution < -0.4 is 5.32 Å². The fourth-order valence-corrected chi connectivity index (χ4v) is 4.69. The van der Waals surface area contributed by atoms with Crippen LogP contribution in [-0.4, -0.2) is 54.2 Å². The third-order valence-electron chi connectivity index (χ3n) is 4.29. The van der Waals surface area contributed by atoms with Gasteiger partial charge in [0.15, 0.2) is 16.4 Å². The number of benzene rings is 1. The van der Waals surface area contributed by atoms with Crippen molar-refractivity contribution in [2.75, 3.05) is 18.1 Å². The van der Waals surface area contributed by atoms with Gasteiger partial charge in [0.2, 0.25) is 0 Å². The molecule has 0 saturated carbocycles. The quantitative estimate of drug-likeness (QED) is 0.761. The van der Waals surface area contributed by atoms with Gasteiger partial charge >= 0.3 is 5.97 Å². The standard InChI is InChI=1S/C18H21N3O5S/c1-12-9-13(2)21(20-12)16-5-3-14(4-6-16)18(23)26-10-17(22)19-15-7-8-27(24,25)11-15/h3-6,9,15H,7-8,10-11H2,1-2H3,(H,19,22). The van der Waals surface area contributed by atoms with Crippen molar-refractivity contribution in [1.29, 1.82) is 0 Å². The van der Waals surface area contributed by atoms with Crippen LogP contribution in [0.1, 0.15) is 28.2 Å². The summed E-state index contributed by atoms with van der Waals surface area (Å²) in [7, 11) is -3.07. The third kappa shape index (κ3) is 4.73. The first-order valence-corrected chi connectivity index (χ1v) is 10.4. The van der Waals surface area contributed by atoms with E-state index in [1.807, 2.05) is 19.9 Å². The molecule has 1 amide bonds. The van der Waals surface area contributed by atoms with E-state index in [1.165, 1.54) is 0 Å². The van der Waals surface area contributed by atoms with Gasteiger partial charge in [0.25, 0.3) is 5.91 Å². The van der Waals surface area contributed by atoms with Crippen LogP contribution in [0, 0.1) is 13.8 Å². The van der Waals surface area contributed by atoms with Gasteiger partial charge in [-0.15, -0.1) is 0 Å². The molecule has 1 aliphatic rings. The average Bonchev–Trinajstić information content (AvgIpc) is 3.13. The van der Waals surface area contributed by atoms with Crippen LogP contribution in [0.5, 0.6) is 0 Å². The number of hydrogen-bond acceptors (Lipinski definition) is 6. The molecular formula is C18H21N3O5S. The van der Waals surface area contributed by atoms with Gasteiger partial charge in [-0.05, 0) is 50.6 Å². The normalized spacial score (nSPS) is 18.2. The Labute approximate surface area is 157 Å². The zero-order valence-electron chi connectivity index (χ0n) is 15.1. The largest absolute Gasteiger partial charge is 0.452 e. The Hall–Kier alpha value is -2.68. The number of hydrogen-bond donors (Lipinski definition) is 1. The van der Waals surface area contributed by atoms with Gasteiger partial charge in [-0.3, -0.25) is 4.79 Å². The van der Waals surface area contributed by atoms with Crippen LogP contribution in [0.2, 0.25) is 0 Å². The minimum atomic E-state index is -3.07. The summed E-state index contributed by atoms with van der Waals surface area (Å²) in [5.74, 6) is -1.13. The molecule has 1 saturated heterocycles. The lowest BCUT2D eigenvalue weighted by atomic mass is 10.2. The molecule has 0 spiro atoms. The van der Waals surface area contributed by atoms with Crippen molar-refractivity contribution in [1.82, 2.24) is 15.1 Å². The fraction of sp³-hybridized carbons (Fsp3) is 0.389. The number of rotatable bonds is 5. The first-order valence-electron chi connectivity index (χ1n) is 8.54. The average molecular weight is 391 g/mol. The third-order valence-corrected chi connectivity index (χ3v) is 6.06. The Kier molecular flexibility index (Phi) is 5.31. The Morgan fingerprint density at radius 1 is 1.26 bits per heavy atom. The number of aromatic nitrogens is 2. The minimum Gasteiger partial charge on any atom is -0.452 e. The van der Waals surface area contributed by atoms with Crippen molar-refractivity contribution in [2.24, 2.45) is 0 Å². The molecule has 27 heavy (non-hydrogen) atoms. The summed E-state index contributed by atoms with van der Waals surface area (Å²) < 4.78 is 29.5. The lowest BCUT2D eigenvalue weighted by Gasteiger charge is -2.11. The molecule has 1 N–H and O–H groups in total. The van der Waals surface area contributed by atoms with E-state index in [0.29, 0.717) is 12.0 Å². The van der Waals surface area contributed by atoms with Crippen molar-refractivity contribution in [2.45, 2.75) is 26.3 Å². The minimum absolute atomic E-state index is 0.0688. The molecule has 2 heterocycles. The summed E-state index contributed by atoms with van der Waals surface area (Å²) in [6.07, 6.45) is 0.385. The number of esters is 1. The molecular weight excluding hydrogens is 370 g/mol. The number of sulfone groups is 1. The molecule has 2 aromatic rings. The molecule has 1 aliphatic heterocycles. The number of nitrogens with zero attached hydrogens (tertiary/aromatic N) is 2. The predicted octanol–water partition coefficient (Wildman–Crippen LogP) is 0.949. The SMILES string of the molecule is Cc1cc(C)n(-c2ccc(C(=O)OCC(=O)NC3CCS(=O)(=O)C3)cc2)n1. The van der Waals surface area contributed by atoms with Crippen LogP contribution in [0.3, 0.4) is 0 Å². The fourth-order valence-electron chi connectivity index (χ4n) is 3.02. The highest BCUT2D eigenvalue weighted by atomic mass is 32.2. The van der Waals surface area contributed by atoms with Crippen molar-refractivity contribution < 1.29 is 22.7 Å². The van der Waals surface area contributed by atoms with Gasteiger partial charge < -0.3 is 10.1 Å². The number of amides is 1. The molecule has 0 aliphatic carbocycles. The molecule has 1 unspecified atom stereocenters. The van der Waals surface area contributed by atoms with E-state index in [0.717, 1.165) is 17.1 Å². The van der Waals surface area contributed by atoms with Gasteiger partial charge in [0.1, 0.15) is 0 Å². The van der Waals surface area contributed by atoms with Crippen molar-refractivity contribution in [3.63, 3.8) is 0 Å². The van der Waals surface area contributed by atoms with Crippen molar-refractivity contribution in [3.8, 4) is 5.69 Å². The maximum absolute atomic E-state index is 12.1. The molecule has 9 heteroatoms. The summed E-state index contributed by atoms with van der Waals surface area (Å²) in [6, 6.07) is 8.25. The Bertz CT molecular complexity index is 963.